The summed E-state index contributed by atoms with van der Waals surface area (Å²) in [6.45, 7) is 2.39. The summed E-state index contributed by atoms with van der Waals surface area (Å²) < 4.78 is 0. The maximum absolute atomic E-state index is 3.42. The van der Waals surface area contributed by atoms with Crippen LogP contribution in [0.5, 0.6) is 0 Å². The van der Waals surface area contributed by atoms with Gasteiger partial charge in [-0.3, -0.25) is 0 Å². The lowest BCUT2D eigenvalue weighted by Crippen LogP contribution is -2.28. The average molecular weight is 218 g/mol. The number of anilines is 1. The molecule has 88 valence electrons. The van der Waals surface area contributed by atoms with Gasteiger partial charge in [-0.25, -0.2) is 0 Å². The fourth-order valence-electron chi connectivity index (χ4n) is 2.35. The van der Waals surface area contributed by atoms with Crippen LogP contribution in [-0.2, 0) is 6.42 Å². The third-order valence-electron chi connectivity index (χ3n) is 3.44. The summed E-state index contributed by atoms with van der Waals surface area (Å²) in [4.78, 5) is 2.15. The third-order valence-corrected chi connectivity index (χ3v) is 3.44. The molecule has 0 aromatic heterocycles. The third kappa shape index (κ3) is 2.99. The second-order valence-corrected chi connectivity index (χ2v) is 4.96. The first-order chi connectivity index (χ1) is 7.75. The van der Waals surface area contributed by atoms with Crippen molar-refractivity contribution in [3.05, 3.63) is 29.8 Å². The molecule has 1 aromatic rings. The summed E-state index contributed by atoms with van der Waals surface area (Å²) in [6.07, 6.45) is 3.90. The van der Waals surface area contributed by atoms with E-state index in [0.717, 1.165) is 5.92 Å². The summed E-state index contributed by atoms with van der Waals surface area (Å²) in [7, 11) is 4.17. The number of nitrogens with zero attached hydrogens (tertiary/aromatic N) is 1. The van der Waals surface area contributed by atoms with Crippen LogP contribution in [0, 0.1) is 5.92 Å². The Morgan fingerprint density at radius 3 is 2.31 bits per heavy atom. The highest BCUT2D eigenvalue weighted by atomic mass is 15.1. The van der Waals surface area contributed by atoms with Gasteiger partial charge < -0.3 is 10.2 Å². The fraction of sp³-hybridized carbons (Fsp3) is 0.571. The van der Waals surface area contributed by atoms with E-state index in [9.17, 15) is 0 Å². The van der Waals surface area contributed by atoms with Gasteiger partial charge in [0.25, 0.3) is 0 Å². The Kier molecular flexibility index (Phi) is 3.83. The first-order valence-corrected chi connectivity index (χ1v) is 6.22. The Hall–Kier alpha value is -1.02. The van der Waals surface area contributed by atoms with Gasteiger partial charge >= 0.3 is 0 Å². The molecular formula is C14H22N2. The highest BCUT2D eigenvalue weighted by Gasteiger charge is 2.13. The predicted molar refractivity (Wildman–Crippen MR) is 70.1 cm³/mol. The van der Waals surface area contributed by atoms with Gasteiger partial charge in [-0.2, -0.15) is 0 Å². The topological polar surface area (TPSA) is 15.3 Å². The van der Waals surface area contributed by atoms with E-state index >= 15 is 0 Å². The van der Waals surface area contributed by atoms with Crippen LogP contribution in [0.1, 0.15) is 18.4 Å². The van der Waals surface area contributed by atoms with Crippen molar-refractivity contribution in [1.29, 1.82) is 0 Å². The second kappa shape index (κ2) is 5.35. The van der Waals surface area contributed by atoms with Gasteiger partial charge in [0.2, 0.25) is 0 Å². The van der Waals surface area contributed by atoms with Crippen molar-refractivity contribution in [3.63, 3.8) is 0 Å². The lowest BCUT2D eigenvalue weighted by Gasteiger charge is -2.22. The van der Waals surface area contributed by atoms with Crippen LogP contribution in [0.2, 0.25) is 0 Å². The molecule has 0 amide bonds. The quantitative estimate of drug-likeness (QED) is 0.837. The summed E-state index contributed by atoms with van der Waals surface area (Å²) in [6, 6.07) is 8.99. The van der Waals surface area contributed by atoms with Crippen LogP contribution in [0.25, 0.3) is 0 Å². The average Bonchev–Trinajstić information content (AvgIpc) is 2.31. The monoisotopic (exact) mass is 218 g/mol. The Balaban J connectivity index is 1.93. The molecule has 16 heavy (non-hydrogen) atoms. The van der Waals surface area contributed by atoms with E-state index in [-0.39, 0.29) is 0 Å². The summed E-state index contributed by atoms with van der Waals surface area (Å²) in [5.41, 5.74) is 2.77. The molecule has 2 rings (SSSR count). The second-order valence-electron chi connectivity index (χ2n) is 4.96. The van der Waals surface area contributed by atoms with Gasteiger partial charge in [0.05, 0.1) is 0 Å². The smallest absolute Gasteiger partial charge is 0.0361 e. The van der Waals surface area contributed by atoms with Crippen molar-refractivity contribution >= 4 is 5.69 Å². The zero-order valence-corrected chi connectivity index (χ0v) is 10.4. The summed E-state index contributed by atoms with van der Waals surface area (Å²) in [5.74, 6) is 0.881. The van der Waals surface area contributed by atoms with E-state index < -0.39 is 0 Å². The minimum absolute atomic E-state index is 0.881. The molecule has 2 heteroatoms. The van der Waals surface area contributed by atoms with Crippen LogP contribution < -0.4 is 10.2 Å². The van der Waals surface area contributed by atoms with Gasteiger partial charge in [0.15, 0.2) is 0 Å². The molecule has 1 aliphatic heterocycles. The standard InChI is InChI=1S/C14H22N2/c1-16(2)14-5-3-12(4-6-14)11-13-7-9-15-10-8-13/h3-6,13,15H,7-11H2,1-2H3. The molecule has 1 aromatic carbocycles. The van der Waals surface area contributed by atoms with E-state index in [4.69, 9.17) is 0 Å². The minimum Gasteiger partial charge on any atom is -0.378 e. The Morgan fingerprint density at radius 1 is 1.12 bits per heavy atom. The molecule has 1 saturated heterocycles. The van der Waals surface area contributed by atoms with Gasteiger partial charge in [-0.15, -0.1) is 0 Å². The van der Waals surface area contributed by atoms with E-state index in [1.54, 1.807) is 0 Å². The van der Waals surface area contributed by atoms with Crippen molar-refractivity contribution in [2.24, 2.45) is 5.92 Å². The summed E-state index contributed by atoms with van der Waals surface area (Å²) >= 11 is 0. The number of piperidine rings is 1. The summed E-state index contributed by atoms with van der Waals surface area (Å²) in [5, 5.41) is 3.42. The molecule has 0 aliphatic carbocycles. The fourth-order valence-corrected chi connectivity index (χ4v) is 2.35. The molecule has 0 saturated carbocycles. The van der Waals surface area contributed by atoms with Gasteiger partial charge in [-0.05, 0) is 56.0 Å². The lowest BCUT2D eigenvalue weighted by molar-refractivity contribution is 0.372. The van der Waals surface area contributed by atoms with Gasteiger partial charge in [0.1, 0.15) is 0 Å². The van der Waals surface area contributed by atoms with Crippen molar-refractivity contribution < 1.29 is 0 Å². The molecule has 0 bridgehead atoms. The number of rotatable bonds is 3. The van der Waals surface area contributed by atoms with E-state index in [1.807, 2.05) is 0 Å². The van der Waals surface area contributed by atoms with Gasteiger partial charge in [-0.1, -0.05) is 12.1 Å². The van der Waals surface area contributed by atoms with Gasteiger partial charge in [0, 0.05) is 19.8 Å². The van der Waals surface area contributed by atoms with Crippen molar-refractivity contribution in [2.45, 2.75) is 19.3 Å². The minimum atomic E-state index is 0.881. The van der Waals surface area contributed by atoms with Crippen LogP contribution in [-0.4, -0.2) is 27.2 Å². The predicted octanol–water partition coefficient (Wildman–Crippen LogP) is 2.29. The molecule has 1 aliphatic rings. The number of hydrogen-bond donors (Lipinski definition) is 1. The Labute approximate surface area is 98.7 Å². The zero-order valence-electron chi connectivity index (χ0n) is 10.4. The van der Waals surface area contributed by atoms with Crippen molar-refractivity contribution in [1.82, 2.24) is 5.32 Å². The number of hydrogen-bond acceptors (Lipinski definition) is 2. The molecule has 2 nitrogen and oxygen atoms in total. The SMILES string of the molecule is CN(C)c1ccc(CC2CCNCC2)cc1. The first kappa shape index (κ1) is 11.5. The normalized spacial score (nSPS) is 17.4. The lowest BCUT2D eigenvalue weighted by atomic mass is 9.91. The molecule has 0 unspecified atom stereocenters. The maximum Gasteiger partial charge on any atom is 0.0361 e. The number of benzene rings is 1. The molecule has 0 radical (unpaired) electrons. The Morgan fingerprint density at radius 2 is 1.75 bits per heavy atom. The van der Waals surface area contributed by atoms with Crippen molar-refractivity contribution in [2.75, 3.05) is 32.1 Å². The Bertz CT molecular complexity index is 310. The largest absolute Gasteiger partial charge is 0.378 e. The molecule has 1 N–H and O–H groups in total. The molecule has 0 atom stereocenters. The van der Waals surface area contributed by atoms with Crippen molar-refractivity contribution in [3.8, 4) is 0 Å². The first-order valence-electron chi connectivity index (χ1n) is 6.22. The molecule has 1 heterocycles. The molecule has 0 spiro atoms. The highest BCUT2D eigenvalue weighted by Crippen LogP contribution is 2.20. The van der Waals surface area contributed by atoms with E-state index in [0.29, 0.717) is 0 Å². The van der Waals surface area contributed by atoms with Crippen LogP contribution in [0.15, 0.2) is 24.3 Å². The van der Waals surface area contributed by atoms with E-state index in [2.05, 4.69) is 48.6 Å². The highest BCUT2D eigenvalue weighted by molar-refractivity contribution is 5.46. The van der Waals surface area contributed by atoms with E-state index in [1.165, 1.54) is 43.6 Å². The van der Waals surface area contributed by atoms with Crippen LogP contribution in [0.3, 0.4) is 0 Å². The maximum atomic E-state index is 3.42. The molecule has 1 fully saturated rings. The zero-order chi connectivity index (χ0) is 11.4. The number of nitrogens with one attached hydrogen (secondary N) is 1. The van der Waals surface area contributed by atoms with Crippen LogP contribution >= 0.6 is 0 Å². The molecular weight excluding hydrogens is 196 g/mol. The van der Waals surface area contributed by atoms with Crippen LogP contribution in [0.4, 0.5) is 5.69 Å².